The second-order valence-electron chi connectivity index (χ2n) is 7.76. The molecule has 5 rings (SSSR count). The maximum Gasteiger partial charge on any atom is 0.371 e. The Hall–Kier alpha value is -5.05. The highest BCUT2D eigenvalue weighted by molar-refractivity contribution is 5.88. The van der Waals surface area contributed by atoms with Gasteiger partial charge < -0.3 is 19.0 Å². The average molecular weight is 469 g/mol. The number of pyridine rings is 1. The van der Waals surface area contributed by atoms with Gasteiger partial charge in [0.15, 0.2) is 10.9 Å². The van der Waals surface area contributed by atoms with Crippen LogP contribution in [0.1, 0.15) is 43.8 Å². The van der Waals surface area contributed by atoms with Gasteiger partial charge in [-0.1, -0.05) is 18.2 Å². The van der Waals surface area contributed by atoms with E-state index in [-0.39, 0.29) is 21.9 Å². The molecule has 0 atom stereocenters. The van der Waals surface area contributed by atoms with Crippen molar-refractivity contribution >= 4 is 33.9 Å². The van der Waals surface area contributed by atoms with Gasteiger partial charge in [0.2, 0.25) is 11.5 Å². The minimum absolute atomic E-state index is 0.124. The van der Waals surface area contributed by atoms with Crippen molar-refractivity contribution in [3.8, 4) is 0 Å². The summed E-state index contributed by atoms with van der Waals surface area (Å²) < 4.78 is 10.7. The van der Waals surface area contributed by atoms with Gasteiger partial charge in [0.05, 0.1) is 22.4 Å². The topological polar surface area (TPSA) is 148 Å². The van der Waals surface area contributed by atoms with Crippen molar-refractivity contribution in [2.24, 2.45) is 0 Å². The number of benzene rings is 2. The lowest BCUT2D eigenvalue weighted by Crippen LogP contribution is -2.10. The van der Waals surface area contributed by atoms with E-state index in [0.717, 1.165) is 12.1 Å². The van der Waals surface area contributed by atoms with Crippen molar-refractivity contribution < 1.29 is 28.6 Å². The maximum atomic E-state index is 12.6. The lowest BCUT2D eigenvalue weighted by molar-refractivity contribution is 0.0653. The summed E-state index contributed by atoms with van der Waals surface area (Å²) in [5.41, 5.74) is 1.16. The summed E-state index contributed by atoms with van der Waals surface area (Å²) in [5, 5.41) is 18.7. The van der Waals surface area contributed by atoms with Crippen molar-refractivity contribution in [2.75, 3.05) is 0 Å². The smallest absolute Gasteiger partial charge is 0.371 e. The fraction of sp³-hybridized carbons (Fsp3) is 0.0385. The van der Waals surface area contributed by atoms with E-state index in [0.29, 0.717) is 16.8 Å². The van der Waals surface area contributed by atoms with E-state index >= 15 is 0 Å². The zero-order chi connectivity index (χ0) is 24.7. The second kappa shape index (κ2) is 8.38. The van der Waals surface area contributed by atoms with E-state index in [1.807, 2.05) is 0 Å². The molecule has 2 N–H and O–H groups in total. The number of aromatic carboxylic acids is 2. The number of hydrogen-bond acceptors (Lipinski definition) is 7. The highest BCUT2D eigenvalue weighted by Gasteiger charge is 2.21. The van der Waals surface area contributed by atoms with Crippen molar-refractivity contribution in [1.29, 1.82) is 0 Å². The van der Waals surface area contributed by atoms with Crippen LogP contribution in [0.4, 0.5) is 0 Å². The molecule has 0 radical (unpaired) electrons. The van der Waals surface area contributed by atoms with Gasteiger partial charge in [0.25, 0.3) is 0 Å². The Morgan fingerprint density at radius 1 is 0.714 bits per heavy atom. The molecule has 0 aliphatic carbocycles. The Kier molecular flexibility index (Phi) is 5.21. The van der Waals surface area contributed by atoms with E-state index in [9.17, 15) is 19.2 Å². The first kappa shape index (κ1) is 21.8. The summed E-state index contributed by atoms with van der Waals surface area (Å²) in [6, 6.07) is 16.8. The summed E-state index contributed by atoms with van der Waals surface area (Å²) >= 11 is 0. The molecule has 172 valence electrons. The number of carboxylic acids is 2. The molecule has 35 heavy (non-hydrogen) atoms. The third-order valence-corrected chi connectivity index (χ3v) is 5.57. The molecule has 0 bridgehead atoms. The van der Waals surface area contributed by atoms with E-state index in [1.165, 1.54) is 12.1 Å². The first-order valence-electron chi connectivity index (χ1n) is 10.3. The number of hydrogen-bond donors (Lipinski definition) is 2. The molecule has 0 amide bonds. The summed E-state index contributed by atoms with van der Waals surface area (Å²) in [5.74, 6) is -4.12. The Labute approximate surface area is 195 Å². The van der Waals surface area contributed by atoms with Crippen molar-refractivity contribution in [1.82, 2.24) is 4.98 Å². The molecule has 9 heteroatoms. The molecule has 0 fully saturated rings. The van der Waals surface area contributed by atoms with Crippen LogP contribution in [0.5, 0.6) is 0 Å². The van der Waals surface area contributed by atoms with Crippen LogP contribution in [0.2, 0.25) is 0 Å². The van der Waals surface area contributed by atoms with Crippen LogP contribution in [0, 0.1) is 0 Å². The Morgan fingerprint density at radius 3 is 1.66 bits per heavy atom. The molecular weight excluding hydrogens is 454 g/mol. The fourth-order valence-electron chi connectivity index (χ4n) is 4.00. The number of aromatic nitrogens is 1. The summed E-state index contributed by atoms with van der Waals surface area (Å²) in [7, 11) is 0. The first-order chi connectivity index (χ1) is 16.8. The summed E-state index contributed by atoms with van der Waals surface area (Å²) in [4.78, 5) is 52.1. The maximum absolute atomic E-state index is 12.6. The second-order valence-corrected chi connectivity index (χ2v) is 7.76. The zero-order valence-electron chi connectivity index (χ0n) is 17.8. The van der Waals surface area contributed by atoms with E-state index in [2.05, 4.69) is 4.98 Å². The summed E-state index contributed by atoms with van der Waals surface area (Å²) in [6.07, 6.45) is 1.62. The van der Waals surface area contributed by atoms with Crippen molar-refractivity contribution in [2.45, 2.75) is 5.92 Å². The van der Waals surface area contributed by atoms with E-state index < -0.39 is 40.2 Å². The van der Waals surface area contributed by atoms with Gasteiger partial charge in [-0.05, 0) is 47.5 Å². The predicted molar refractivity (Wildman–Crippen MR) is 124 cm³/mol. The van der Waals surface area contributed by atoms with Gasteiger partial charge in [-0.2, -0.15) is 0 Å². The molecule has 2 aromatic carbocycles. The number of rotatable bonds is 5. The Bertz CT molecular complexity index is 1640. The Morgan fingerprint density at radius 2 is 1.23 bits per heavy atom. The van der Waals surface area contributed by atoms with Gasteiger partial charge >= 0.3 is 11.9 Å². The van der Waals surface area contributed by atoms with Crippen LogP contribution in [-0.4, -0.2) is 27.1 Å². The molecule has 0 aliphatic rings. The molecular formula is C26H15NO8. The number of carbonyl (C=O) groups is 2. The fourth-order valence-corrected chi connectivity index (χ4v) is 4.00. The number of nitrogens with zero attached hydrogens (tertiary/aromatic N) is 1. The van der Waals surface area contributed by atoms with Crippen LogP contribution in [-0.2, 0) is 0 Å². The van der Waals surface area contributed by atoms with Crippen molar-refractivity contribution in [3.63, 3.8) is 0 Å². The van der Waals surface area contributed by atoms with E-state index in [4.69, 9.17) is 19.0 Å². The average Bonchev–Trinajstić information content (AvgIpc) is 2.85. The van der Waals surface area contributed by atoms with Gasteiger partial charge in [-0.3, -0.25) is 14.6 Å². The first-order valence-corrected chi connectivity index (χ1v) is 10.3. The van der Waals surface area contributed by atoms with Crippen LogP contribution in [0.3, 0.4) is 0 Å². The van der Waals surface area contributed by atoms with Crippen LogP contribution >= 0.6 is 0 Å². The molecule has 5 aromatic rings. The molecule has 0 spiro atoms. The van der Waals surface area contributed by atoms with Crippen LogP contribution in [0.15, 0.2) is 91.4 Å². The third kappa shape index (κ3) is 3.95. The largest absolute Gasteiger partial charge is 0.475 e. The standard InChI is InChI=1S/C26H15NO8/c28-18-11-22(25(30)31)34-20-6-4-13(9-15(18)20)24(17-3-1-2-8-27-17)14-5-7-21-16(10-14)19(29)12-23(35-21)26(32)33/h1-12,24H,(H,30,31)(H,32,33). The van der Waals surface area contributed by atoms with Gasteiger partial charge in [-0.15, -0.1) is 0 Å². The normalized spacial score (nSPS) is 11.2. The monoisotopic (exact) mass is 469 g/mol. The lowest BCUT2D eigenvalue weighted by atomic mass is 9.87. The molecule has 0 unspecified atom stereocenters. The highest BCUT2D eigenvalue weighted by Crippen LogP contribution is 2.33. The zero-order valence-corrected chi connectivity index (χ0v) is 17.8. The van der Waals surface area contributed by atoms with Crippen LogP contribution in [0.25, 0.3) is 21.9 Å². The number of fused-ring (bicyclic) bond motifs is 2. The highest BCUT2D eigenvalue weighted by atomic mass is 16.4. The SMILES string of the molecule is O=C(O)c1cc(=O)c2cc(C(c3ccc4oc(C(=O)O)cc(=O)c4c3)c3ccccn3)ccc2o1. The number of carboxylic acid groups (broad SMARTS) is 2. The molecule has 0 saturated carbocycles. The Balaban J connectivity index is 1.72. The quantitative estimate of drug-likeness (QED) is 0.391. The predicted octanol–water partition coefficient (Wildman–Crippen LogP) is 3.87. The van der Waals surface area contributed by atoms with Gasteiger partial charge in [-0.25, -0.2) is 9.59 Å². The van der Waals surface area contributed by atoms with Gasteiger partial charge in [0, 0.05) is 18.3 Å². The van der Waals surface area contributed by atoms with Crippen molar-refractivity contribution in [3.05, 3.63) is 122 Å². The summed E-state index contributed by atoms with van der Waals surface area (Å²) in [6.45, 7) is 0. The molecule has 3 aromatic heterocycles. The molecule has 3 heterocycles. The van der Waals surface area contributed by atoms with Crippen LogP contribution < -0.4 is 10.9 Å². The minimum Gasteiger partial charge on any atom is -0.475 e. The molecule has 0 saturated heterocycles. The van der Waals surface area contributed by atoms with E-state index in [1.54, 1.807) is 48.7 Å². The minimum atomic E-state index is -1.35. The van der Waals surface area contributed by atoms with Gasteiger partial charge in [0.1, 0.15) is 11.2 Å². The lowest BCUT2D eigenvalue weighted by Gasteiger charge is -2.18. The third-order valence-electron chi connectivity index (χ3n) is 5.57. The molecule has 0 aliphatic heterocycles. The molecule has 9 nitrogen and oxygen atoms in total.